The lowest BCUT2D eigenvalue weighted by Gasteiger charge is -2.17. The molecule has 0 bridgehead atoms. The van der Waals surface area contributed by atoms with Crippen molar-refractivity contribution in [1.29, 1.82) is 0 Å². The number of methoxy groups -OCH3 is 1. The average Bonchev–Trinajstić information content (AvgIpc) is 3.16. The van der Waals surface area contributed by atoms with Crippen LogP contribution in [0.2, 0.25) is 0 Å². The van der Waals surface area contributed by atoms with Crippen molar-refractivity contribution < 1.29 is 18.4 Å². The van der Waals surface area contributed by atoms with Gasteiger partial charge in [-0.3, -0.25) is 9.19 Å². The summed E-state index contributed by atoms with van der Waals surface area (Å²) in [5.41, 5.74) is 3.10. The van der Waals surface area contributed by atoms with Gasteiger partial charge in [0.25, 0.3) is 0 Å². The van der Waals surface area contributed by atoms with Crippen LogP contribution in [0.1, 0.15) is 11.3 Å². The van der Waals surface area contributed by atoms with Gasteiger partial charge in [0.15, 0.2) is 10.9 Å². The van der Waals surface area contributed by atoms with E-state index < -0.39 is 10.8 Å². The molecule has 1 unspecified atom stereocenters. The van der Waals surface area contributed by atoms with E-state index >= 15 is 0 Å². The molecule has 8 heteroatoms. The van der Waals surface area contributed by atoms with Crippen molar-refractivity contribution in [1.82, 2.24) is 15.0 Å². The van der Waals surface area contributed by atoms with E-state index in [0.717, 1.165) is 16.6 Å². The van der Waals surface area contributed by atoms with Crippen molar-refractivity contribution in [3.63, 3.8) is 0 Å². The SMILES string of the molecule is COC1=C(Oc2ccnc(CS(=O)c3nc4ccccc4[nH]3)c2C)OCC=C1. The van der Waals surface area contributed by atoms with Gasteiger partial charge >= 0.3 is 5.95 Å². The molecule has 7 nitrogen and oxygen atoms in total. The summed E-state index contributed by atoms with van der Waals surface area (Å²) >= 11 is 0. The van der Waals surface area contributed by atoms with E-state index in [0.29, 0.717) is 34.9 Å². The Labute approximate surface area is 164 Å². The topological polar surface area (TPSA) is 86.3 Å². The molecule has 0 spiro atoms. The molecule has 2 aromatic heterocycles. The summed E-state index contributed by atoms with van der Waals surface area (Å²) in [7, 11) is 0.190. The first-order chi connectivity index (χ1) is 13.7. The second-order valence-corrected chi connectivity index (χ2v) is 7.47. The predicted octanol–water partition coefficient (Wildman–Crippen LogP) is 3.35. The Bertz CT molecular complexity index is 1070. The molecule has 1 N–H and O–H groups in total. The Morgan fingerprint density at radius 3 is 2.96 bits per heavy atom. The van der Waals surface area contributed by atoms with Gasteiger partial charge in [-0.2, -0.15) is 0 Å². The molecule has 1 aliphatic rings. The van der Waals surface area contributed by atoms with Crippen LogP contribution in [0.3, 0.4) is 0 Å². The van der Waals surface area contributed by atoms with E-state index in [1.807, 2.05) is 37.3 Å². The largest absolute Gasteiger partial charge is 0.490 e. The standard InChI is InChI=1S/C20H19N3O4S/c1-13-16(12-28(24)20-22-14-6-3-4-7-15(14)23-20)21-10-9-17(13)27-19-18(25-2)8-5-11-26-19/h3-10H,11-12H2,1-2H3,(H,22,23). The van der Waals surface area contributed by atoms with E-state index in [1.54, 1.807) is 25.4 Å². The smallest absolute Gasteiger partial charge is 0.329 e. The zero-order chi connectivity index (χ0) is 19.5. The van der Waals surface area contributed by atoms with Crippen LogP contribution in [0, 0.1) is 6.92 Å². The van der Waals surface area contributed by atoms with Crippen molar-refractivity contribution in [2.45, 2.75) is 17.8 Å². The minimum absolute atomic E-state index is 0.222. The van der Waals surface area contributed by atoms with Gasteiger partial charge in [-0.15, -0.1) is 0 Å². The Kier molecular flexibility index (Phi) is 5.12. The third kappa shape index (κ3) is 3.63. The number of benzene rings is 1. The number of ether oxygens (including phenoxy) is 3. The number of hydrogen-bond acceptors (Lipinski definition) is 6. The molecular weight excluding hydrogens is 378 g/mol. The third-order valence-electron chi connectivity index (χ3n) is 4.31. The quantitative estimate of drug-likeness (QED) is 0.686. The summed E-state index contributed by atoms with van der Waals surface area (Å²) in [6.45, 7) is 2.29. The minimum Gasteiger partial charge on any atom is -0.490 e. The van der Waals surface area contributed by atoms with Gasteiger partial charge in [-0.05, 0) is 37.3 Å². The molecule has 0 saturated heterocycles. The van der Waals surface area contributed by atoms with Crippen LogP contribution < -0.4 is 4.74 Å². The second kappa shape index (κ2) is 7.85. The highest BCUT2D eigenvalue weighted by atomic mass is 32.2. The Morgan fingerprint density at radius 1 is 1.29 bits per heavy atom. The monoisotopic (exact) mass is 397 g/mol. The molecule has 3 aromatic rings. The maximum atomic E-state index is 12.8. The molecule has 0 radical (unpaired) electrons. The van der Waals surface area contributed by atoms with E-state index in [9.17, 15) is 4.21 Å². The lowest BCUT2D eigenvalue weighted by Crippen LogP contribution is -2.11. The zero-order valence-electron chi connectivity index (χ0n) is 15.5. The van der Waals surface area contributed by atoms with E-state index in [2.05, 4.69) is 15.0 Å². The number of aromatic nitrogens is 3. The van der Waals surface area contributed by atoms with Gasteiger partial charge in [0.2, 0.25) is 0 Å². The highest BCUT2D eigenvalue weighted by Crippen LogP contribution is 2.26. The van der Waals surface area contributed by atoms with Crippen LogP contribution in [0.5, 0.6) is 5.75 Å². The summed E-state index contributed by atoms with van der Waals surface area (Å²) in [5, 5.41) is 0.429. The number of aromatic amines is 1. The third-order valence-corrected chi connectivity index (χ3v) is 5.47. The lowest BCUT2D eigenvalue weighted by atomic mass is 10.2. The first-order valence-corrected chi connectivity index (χ1v) is 10.0. The average molecular weight is 397 g/mol. The fourth-order valence-electron chi connectivity index (χ4n) is 2.79. The second-order valence-electron chi connectivity index (χ2n) is 6.10. The minimum atomic E-state index is -1.36. The summed E-state index contributed by atoms with van der Waals surface area (Å²) in [4.78, 5) is 11.9. The van der Waals surface area contributed by atoms with Crippen LogP contribution in [0.15, 0.2) is 65.5 Å². The molecule has 1 atom stereocenters. The highest BCUT2D eigenvalue weighted by Gasteiger charge is 2.18. The Hall–Kier alpha value is -3.13. The van der Waals surface area contributed by atoms with Gasteiger partial charge in [0, 0.05) is 11.8 Å². The molecule has 0 fully saturated rings. The number of nitrogens with zero attached hydrogens (tertiary/aromatic N) is 2. The lowest BCUT2D eigenvalue weighted by molar-refractivity contribution is 0.0940. The summed E-state index contributed by atoms with van der Waals surface area (Å²) in [5.74, 6) is 1.60. The number of hydrogen-bond donors (Lipinski definition) is 1. The Morgan fingerprint density at radius 2 is 2.14 bits per heavy atom. The fraction of sp³-hybridized carbons (Fsp3) is 0.200. The Balaban J connectivity index is 1.57. The first kappa shape index (κ1) is 18.2. The molecule has 0 saturated carbocycles. The van der Waals surface area contributed by atoms with E-state index in [4.69, 9.17) is 14.2 Å². The normalized spacial score (nSPS) is 14.8. The molecule has 1 aliphatic heterocycles. The summed E-state index contributed by atoms with van der Waals surface area (Å²) in [6, 6.07) is 9.33. The molecule has 4 rings (SSSR count). The zero-order valence-corrected chi connectivity index (χ0v) is 16.3. The van der Waals surface area contributed by atoms with Crippen LogP contribution >= 0.6 is 0 Å². The summed E-state index contributed by atoms with van der Waals surface area (Å²) in [6.07, 6.45) is 5.26. The number of fused-ring (bicyclic) bond motifs is 1. The maximum absolute atomic E-state index is 12.8. The van der Waals surface area contributed by atoms with Crippen LogP contribution in [-0.2, 0) is 26.0 Å². The van der Waals surface area contributed by atoms with Crippen LogP contribution in [-0.4, -0.2) is 32.9 Å². The first-order valence-electron chi connectivity index (χ1n) is 8.69. The molecule has 0 aliphatic carbocycles. The number of nitrogens with one attached hydrogen (secondary N) is 1. The van der Waals surface area contributed by atoms with Gasteiger partial charge < -0.3 is 19.2 Å². The van der Waals surface area contributed by atoms with Crippen molar-refractivity contribution in [2.75, 3.05) is 13.7 Å². The number of rotatable bonds is 6. The fourth-order valence-corrected chi connectivity index (χ4v) is 3.89. The van der Waals surface area contributed by atoms with E-state index in [1.165, 1.54) is 0 Å². The van der Waals surface area contributed by atoms with Crippen LogP contribution in [0.4, 0.5) is 0 Å². The molecule has 144 valence electrons. The number of imidazole rings is 1. The van der Waals surface area contributed by atoms with Crippen molar-refractivity contribution >= 4 is 21.8 Å². The highest BCUT2D eigenvalue weighted by molar-refractivity contribution is 7.84. The van der Waals surface area contributed by atoms with Crippen LogP contribution in [0.25, 0.3) is 11.0 Å². The molecule has 3 heterocycles. The van der Waals surface area contributed by atoms with E-state index in [-0.39, 0.29) is 5.75 Å². The van der Waals surface area contributed by atoms with Gasteiger partial charge in [-0.25, -0.2) is 4.98 Å². The molecular formula is C20H19N3O4S. The maximum Gasteiger partial charge on any atom is 0.329 e. The number of pyridine rings is 1. The van der Waals surface area contributed by atoms with Crippen molar-refractivity contribution in [2.24, 2.45) is 0 Å². The van der Waals surface area contributed by atoms with Crippen molar-refractivity contribution in [3.05, 3.63) is 71.6 Å². The number of para-hydroxylation sites is 2. The van der Waals surface area contributed by atoms with Crippen molar-refractivity contribution in [3.8, 4) is 5.75 Å². The molecule has 28 heavy (non-hydrogen) atoms. The van der Waals surface area contributed by atoms with Gasteiger partial charge in [0.05, 0.1) is 40.4 Å². The van der Waals surface area contributed by atoms with Gasteiger partial charge in [0.1, 0.15) is 12.4 Å². The molecule has 1 aromatic carbocycles. The number of allylic oxidation sites excluding steroid dienone is 1. The molecule has 0 amide bonds. The van der Waals surface area contributed by atoms with Gasteiger partial charge in [-0.1, -0.05) is 12.1 Å². The predicted molar refractivity (Wildman–Crippen MR) is 105 cm³/mol. The summed E-state index contributed by atoms with van der Waals surface area (Å²) < 4.78 is 29.5. The number of H-pyrrole nitrogens is 1.